The van der Waals surface area contributed by atoms with Gasteiger partial charge < -0.3 is 5.32 Å². The molecule has 94 valence electrons. The quantitative estimate of drug-likeness (QED) is 0.792. The average Bonchev–Trinajstić information content (AvgIpc) is 2.15. The Bertz CT molecular complexity index is 233. The summed E-state index contributed by atoms with van der Waals surface area (Å²) in [7, 11) is 0. The number of nitrogens with one attached hydrogen (secondary N) is 1. The molecule has 1 aliphatic carbocycles. The average molecular weight is 224 g/mol. The van der Waals surface area contributed by atoms with Crippen molar-refractivity contribution in [3.05, 3.63) is 0 Å². The zero-order valence-electron chi connectivity index (χ0n) is 11.4. The van der Waals surface area contributed by atoms with Crippen molar-refractivity contribution < 1.29 is 0 Å². The lowest BCUT2D eigenvalue weighted by atomic mass is 9.70. The number of hydrogen-bond acceptors (Lipinski definition) is 2. The molecule has 0 bridgehead atoms. The molecule has 2 rings (SSSR count). The molecule has 1 saturated carbocycles. The third kappa shape index (κ3) is 2.60. The van der Waals surface area contributed by atoms with Gasteiger partial charge in [-0.05, 0) is 31.1 Å². The molecule has 1 aliphatic heterocycles. The van der Waals surface area contributed by atoms with E-state index in [1.165, 1.54) is 38.9 Å². The molecule has 0 aromatic rings. The van der Waals surface area contributed by atoms with Crippen molar-refractivity contribution >= 4 is 0 Å². The van der Waals surface area contributed by atoms with E-state index in [4.69, 9.17) is 0 Å². The standard InChI is InChI=1S/C14H28N2/c1-11(2)13-8-15-12(3)9-16(13)10-14(4)6-5-7-14/h11-13,15H,5-10H2,1-4H3. The SMILES string of the molecule is CC1CN(CC2(C)CCC2)C(C(C)C)CN1. The summed E-state index contributed by atoms with van der Waals surface area (Å²) in [6, 6.07) is 1.41. The Labute approximate surface area is 101 Å². The number of hydrogen-bond donors (Lipinski definition) is 1. The molecule has 2 fully saturated rings. The van der Waals surface area contributed by atoms with E-state index in [1.807, 2.05) is 0 Å². The van der Waals surface area contributed by atoms with Crippen molar-refractivity contribution in [3.8, 4) is 0 Å². The fourth-order valence-corrected chi connectivity index (χ4v) is 3.27. The van der Waals surface area contributed by atoms with Gasteiger partial charge in [0.05, 0.1) is 0 Å². The second-order valence-corrected chi connectivity index (χ2v) is 6.71. The summed E-state index contributed by atoms with van der Waals surface area (Å²) in [6.07, 6.45) is 4.33. The zero-order chi connectivity index (χ0) is 11.8. The zero-order valence-corrected chi connectivity index (χ0v) is 11.4. The first kappa shape index (κ1) is 12.4. The second kappa shape index (κ2) is 4.66. The number of rotatable bonds is 3. The van der Waals surface area contributed by atoms with Gasteiger partial charge in [-0.25, -0.2) is 0 Å². The minimum absolute atomic E-state index is 0.629. The first-order chi connectivity index (χ1) is 7.50. The second-order valence-electron chi connectivity index (χ2n) is 6.71. The van der Waals surface area contributed by atoms with Gasteiger partial charge in [-0.2, -0.15) is 0 Å². The van der Waals surface area contributed by atoms with Crippen LogP contribution in [-0.2, 0) is 0 Å². The number of piperazine rings is 1. The number of nitrogens with zero attached hydrogens (tertiary/aromatic N) is 1. The van der Waals surface area contributed by atoms with Gasteiger partial charge in [0.25, 0.3) is 0 Å². The van der Waals surface area contributed by atoms with Gasteiger partial charge in [-0.1, -0.05) is 27.2 Å². The molecule has 16 heavy (non-hydrogen) atoms. The van der Waals surface area contributed by atoms with E-state index in [2.05, 4.69) is 37.9 Å². The smallest absolute Gasteiger partial charge is 0.0244 e. The lowest BCUT2D eigenvalue weighted by molar-refractivity contribution is 0.0232. The monoisotopic (exact) mass is 224 g/mol. The van der Waals surface area contributed by atoms with Crippen molar-refractivity contribution in [3.63, 3.8) is 0 Å². The van der Waals surface area contributed by atoms with E-state index in [9.17, 15) is 0 Å². The van der Waals surface area contributed by atoms with Crippen LogP contribution in [-0.4, -0.2) is 36.6 Å². The summed E-state index contributed by atoms with van der Waals surface area (Å²) in [5.41, 5.74) is 0.629. The molecule has 1 heterocycles. The Morgan fingerprint density at radius 1 is 1.38 bits per heavy atom. The van der Waals surface area contributed by atoms with Gasteiger partial charge in [-0.15, -0.1) is 0 Å². The fraction of sp³-hybridized carbons (Fsp3) is 1.00. The Balaban J connectivity index is 1.96. The predicted octanol–water partition coefficient (Wildman–Crippen LogP) is 2.49. The van der Waals surface area contributed by atoms with Crippen LogP contribution in [0.4, 0.5) is 0 Å². The highest BCUT2D eigenvalue weighted by Crippen LogP contribution is 2.41. The van der Waals surface area contributed by atoms with Crippen LogP contribution in [0.5, 0.6) is 0 Å². The van der Waals surface area contributed by atoms with E-state index in [0.29, 0.717) is 11.5 Å². The molecule has 1 N–H and O–H groups in total. The largest absolute Gasteiger partial charge is 0.311 e. The van der Waals surface area contributed by atoms with Crippen LogP contribution in [0, 0.1) is 11.3 Å². The van der Waals surface area contributed by atoms with Gasteiger partial charge in [0, 0.05) is 31.7 Å². The normalized spacial score (nSPS) is 35.1. The fourth-order valence-electron chi connectivity index (χ4n) is 3.27. The summed E-state index contributed by atoms with van der Waals surface area (Å²) >= 11 is 0. The molecule has 2 aliphatic rings. The van der Waals surface area contributed by atoms with Crippen molar-refractivity contribution in [2.24, 2.45) is 11.3 Å². The molecule has 0 spiro atoms. The van der Waals surface area contributed by atoms with Crippen LogP contribution in [0.2, 0.25) is 0 Å². The molecule has 2 nitrogen and oxygen atoms in total. The Hall–Kier alpha value is -0.0800. The topological polar surface area (TPSA) is 15.3 Å². The summed E-state index contributed by atoms with van der Waals surface area (Å²) in [5, 5.41) is 3.62. The van der Waals surface area contributed by atoms with Crippen LogP contribution in [0.25, 0.3) is 0 Å². The van der Waals surface area contributed by atoms with Crippen molar-refractivity contribution in [2.45, 2.75) is 59.0 Å². The van der Waals surface area contributed by atoms with Crippen LogP contribution in [0.15, 0.2) is 0 Å². The van der Waals surface area contributed by atoms with Crippen molar-refractivity contribution in [1.29, 1.82) is 0 Å². The maximum Gasteiger partial charge on any atom is 0.0244 e. The van der Waals surface area contributed by atoms with Crippen LogP contribution < -0.4 is 5.32 Å². The molecule has 2 heteroatoms. The molecule has 0 radical (unpaired) electrons. The minimum Gasteiger partial charge on any atom is -0.311 e. The molecular weight excluding hydrogens is 196 g/mol. The van der Waals surface area contributed by atoms with Crippen LogP contribution in [0.3, 0.4) is 0 Å². The summed E-state index contributed by atoms with van der Waals surface area (Å²) in [5.74, 6) is 0.767. The first-order valence-corrected chi connectivity index (χ1v) is 6.98. The lowest BCUT2D eigenvalue weighted by Gasteiger charge is -2.48. The molecule has 2 unspecified atom stereocenters. The lowest BCUT2D eigenvalue weighted by Crippen LogP contribution is -2.59. The van der Waals surface area contributed by atoms with E-state index < -0.39 is 0 Å². The first-order valence-electron chi connectivity index (χ1n) is 6.98. The van der Waals surface area contributed by atoms with Crippen molar-refractivity contribution in [1.82, 2.24) is 10.2 Å². The highest BCUT2D eigenvalue weighted by molar-refractivity contribution is 4.92. The molecule has 0 aromatic carbocycles. The van der Waals surface area contributed by atoms with Gasteiger partial charge in [0.1, 0.15) is 0 Å². The van der Waals surface area contributed by atoms with E-state index in [0.717, 1.165) is 12.0 Å². The molecule has 0 aromatic heterocycles. The maximum atomic E-state index is 3.62. The third-order valence-electron chi connectivity index (χ3n) is 4.57. The predicted molar refractivity (Wildman–Crippen MR) is 69.6 cm³/mol. The third-order valence-corrected chi connectivity index (χ3v) is 4.57. The molecule has 0 amide bonds. The Kier molecular flexibility index (Phi) is 3.60. The summed E-state index contributed by atoms with van der Waals surface area (Å²) < 4.78 is 0. The summed E-state index contributed by atoms with van der Waals surface area (Å²) in [4.78, 5) is 2.75. The van der Waals surface area contributed by atoms with Gasteiger partial charge in [0.15, 0.2) is 0 Å². The van der Waals surface area contributed by atoms with Gasteiger partial charge in [0.2, 0.25) is 0 Å². The molecule has 2 atom stereocenters. The minimum atomic E-state index is 0.629. The van der Waals surface area contributed by atoms with E-state index >= 15 is 0 Å². The highest BCUT2D eigenvalue weighted by Gasteiger charge is 2.37. The molecular formula is C14H28N2. The van der Waals surface area contributed by atoms with E-state index in [1.54, 1.807) is 0 Å². The van der Waals surface area contributed by atoms with Crippen LogP contribution in [0.1, 0.15) is 47.0 Å². The molecule has 1 saturated heterocycles. The maximum absolute atomic E-state index is 3.62. The van der Waals surface area contributed by atoms with Crippen molar-refractivity contribution in [2.75, 3.05) is 19.6 Å². The Morgan fingerprint density at radius 3 is 2.56 bits per heavy atom. The van der Waals surface area contributed by atoms with E-state index in [-0.39, 0.29) is 0 Å². The van der Waals surface area contributed by atoms with Gasteiger partial charge in [-0.3, -0.25) is 4.90 Å². The van der Waals surface area contributed by atoms with Gasteiger partial charge >= 0.3 is 0 Å². The highest BCUT2D eigenvalue weighted by atomic mass is 15.2. The van der Waals surface area contributed by atoms with Crippen LogP contribution >= 0.6 is 0 Å². The summed E-state index contributed by atoms with van der Waals surface area (Å²) in [6.45, 7) is 13.2. The Morgan fingerprint density at radius 2 is 2.06 bits per heavy atom.